The lowest BCUT2D eigenvalue weighted by molar-refractivity contribution is 0.0695. The van der Waals surface area contributed by atoms with E-state index < -0.39 is 0 Å². The van der Waals surface area contributed by atoms with Crippen molar-refractivity contribution in [2.45, 2.75) is 45.8 Å². The Labute approximate surface area is 134 Å². The van der Waals surface area contributed by atoms with Crippen LogP contribution in [0.1, 0.15) is 38.7 Å². The Balaban J connectivity index is 1.93. The van der Waals surface area contributed by atoms with E-state index in [0.717, 1.165) is 50.4 Å². The third kappa shape index (κ3) is 4.62. The van der Waals surface area contributed by atoms with E-state index in [-0.39, 0.29) is 6.10 Å². The molecule has 124 valence electrons. The molecule has 0 unspecified atom stereocenters. The van der Waals surface area contributed by atoms with Crippen LogP contribution in [0.25, 0.3) is 0 Å². The lowest BCUT2D eigenvalue weighted by atomic mass is 9.92. The fourth-order valence-electron chi connectivity index (χ4n) is 2.99. The summed E-state index contributed by atoms with van der Waals surface area (Å²) in [5, 5.41) is 9.67. The molecule has 0 spiro atoms. The summed E-state index contributed by atoms with van der Waals surface area (Å²) < 4.78 is 11.1. The lowest BCUT2D eigenvalue weighted by Crippen LogP contribution is -2.36. The second kappa shape index (κ2) is 8.39. The molecule has 0 aromatic heterocycles. The van der Waals surface area contributed by atoms with Gasteiger partial charge in [-0.1, -0.05) is 13.0 Å². The molecule has 0 saturated carbocycles. The molecule has 1 atom stereocenters. The number of aliphatic hydroxyl groups excluding tert-OH is 1. The molecule has 1 aliphatic heterocycles. The Morgan fingerprint density at radius 2 is 2.00 bits per heavy atom. The van der Waals surface area contributed by atoms with Crippen LogP contribution in [-0.4, -0.2) is 42.9 Å². The molecule has 1 saturated heterocycles. The first-order valence-electron chi connectivity index (χ1n) is 8.34. The van der Waals surface area contributed by atoms with Gasteiger partial charge in [0.25, 0.3) is 0 Å². The van der Waals surface area contributed by atoms with Gasteiger partial charge in [-0.15, -0.1) is 0 Å². The summed E-state index contributed by atoms with van der Waals surface area (Å²) in [7, 11) is 1.69. The summed E-state index contributed by atoms with van der Waals surface area (Å²) in [5.41, 5.74) is 1.25. The minimum absolute atomic E-state index is 0.183. The van der Waals surface area contributed by atoms with E-state index in [1.54, 1.807) is 7.11 Å². The summed E-state index contributed by atoms with van der Waals surface area (Å²) in [4.78, 5) is 2.44. The van der Waals surface area contributed by atoms with Gasteiger partial charge in [0.2, 0.25) is 0 Å². The molecule has 0 radical (unpaired) electrons. The van der Waals surface area contributed by atoms with Crippen LogP contribution in [0.15, 0.2) is 18.2 Å². The van der Waals surface area contributed by atoms with Gasteiger partial charge in [-0.3, -0.25) is 4.90 Å². The molecular weight excluding hydrogens is 278 g/mol. The van der Waals surface area contributed by atoms with Gasteiger partial charge < -0.3 is 14.6 Å². The number of hydrogen-bond donors (Lipinski definition) is 1. The zero-order chi connectivity index (χ0) is 15.9. The number of rotatable bonds is 7. The van der Waals surface area contributed by atoms with Crippen molar-refractivity contribution in [3.63, 3.8) is 0 Å². The first-order chi connectivity index (χ1) is 10.6. The largest absolute Gasteiger partial charge is 0.493 e. The van der Waals surface area contributed by atoms with Gasteiger partial charge in [0.15, 0.2) is 11.5 Å². The third-order valence-electron chi connectivity index (χ3n) is 4.41. The molecule has 22 heavy (non-hydrogen) atoms. The van der Waals surface area contributed by atoms with Crippen molar-refractivity contribution in [2.24, 2.45) is 5.92 Å². The molecule has 2 rings (SSSR count). The number of piperidine rings is 1. The SMILES string of the molecule is CCCOc1ccc(CN2CCC([C@@H](C)O)CC2)cc1OC. The Morgan fingerprint density at radius 1 is 1.27 bits per heavy atom. The Kier molecular flexibility index (Phi) is 6.52. The number of likely N-dealkylation sites (tertiary alicyclic amines) is 1. The highest BCUT2D eigenvalue weighted by atomic mass is 16.5. The van der Waals surface area contributed by atoms with Crippen molar-refractivity contribution < 1.29 is 14.6 Å². The van der Waals surface area contributed by atoms with Gasteiger partial charge >= 0.3 is 0 Å². The Morgan fingerprint density at radius 3 is 2.59 bits per heavy atom. The highest BCUT2D eigenvalue weighted by molar-refractivity contribution is 5.43. The highest BCUT2D eigenvalue weighted by Gasteiger charge is 2.22. The normalized spacial score (nSPS) is 18.2. The minimum Gasteiger partial charge on any atom is -0.493 e. The summed E-state index contributed by atoms with van der Waals surface area (Å²) in [6.45, 7) is 7.73. The lowest BCUT2D eigenvalue weighted by Gasteiger charge is -2.33. The number of nitrogens with zero attached hydrogens (tertiary/aromatic N) is 1. The Bertz CT molecular complexity index is 454. The van der Waals surface area contributed by atoms with E-state index in [9.17, 15) is 5.11 Å². The van der Waals surface area contributed by atoms with Crippen molar-refractivity contribution in [1.82, 2.24) is 4.90 Å². The van der Waals surface area contributed by atoms with E-state index in [2.05, 4.69) is 24.0 Å². The molecule has 4 nitrogen and oxygen atoms in total. The summed E-state index contributed by atoms with van der Waals surface area (Å²) >= 11 is 0. The smallest absolute Gasteiger partial charge is 0.161 e. The molecule has 1 fully saturated rings. The second-order valence-corrected chi connectivity index (χ2v) is 6.19. The van der Waals surface area contributed by atoms with Crippen molar-refractivity contribution in [3.8, 4) is 11.5 Å². The number of ether oxygens (including phenoxy) is 2. The predicted molar refractivity (Wildman–Crippen MR) is 88.5 cm³/mol. The molecule has 0 aliphatic carbocycles. The van der Waals surface area contributed by atoms with Crippen molar-refractivity contribution in [2.75, 3.05) is 26.8 Å². The van der Waals surface area contributed by atoms with Crippen LogP contribution in [0, 0.1) is 5.92 Å². The van der Waals surface area contributed by atoms with Crippen LogP contribution in [0.4, 0.5) is 0 Å². The molecule has 1 aromatic rings. The maximum atomic E-state index is 9.67. The van der Waals surface area contributed by atoms with Crippen LogP contribution in [0.3, 0.4) is 0 Å². The first kappa shape index (κ1) is 17.1. The van der Waals surface area contributed by atoms with E-state index >= 15 is 0 Å². The fourth-order valence-corrected chi connectivity index (χ4v) is 2.99. The fraction of sp³-hybridized carbons (Fsp3) is 0.667. The van der Waals surface area contributed by atoms with Crippen LogP contribution in [0.5, 0.6) is 11.5 Å². The third-order valence-corrected chi connectivity index (χ3v) is 4.41. The van der Waals surface area contributed by atoms with Crippen molar-refractivity contribution in [3.05, 3.63) is 23.8 Å². The average molecular weight is 307 g/mol. The zero-order valence-corrected chi connectivity index (χ0v) is 14.0. The minimum atomic E-state index is -0.183. The van der Waals surface area contributed by atoms with Gasteiger partial charge in [-0.05, 0) is 62.9 Å². The van der Waals surface area contributed by atoms with Crippen molar-refractivity contribution in [1.29, 1.82) is 0 Å². The van der Waals surface area contributed by atoms with Crippen LogP contribution < -0.4 is 9.47 Å². The Hall–Kier alpha value is -1.26. The molecule has 0 amide bonds. The number of methoxy groups -OCH3 is 1. The van der Waals surface area contributed by atoms with E-state index in [1.807, 2.05) is 13.0 Å². The molecular formula is C18H29NO3. The van der Waals surface area contributed by atoms with Gasteiger partial charge in [0, 0.05) is 6.54 Å². The standard InChI is InChI=1S/C18H29NO3/c1-4-11-22-17-6-5-15(12-18(17)21-3)13-19-9-7-16(8-10-19)14(2)20/h5-6,12,14,16,20H,4,7-11,13H2,1-3H3/t14-/m1/s1. The van der Waals surface area contributed by atoms with Gasteiger partial charge in [0.05, 0.1) is 19.8 Å². The number of aliphatic hydroxyl groups is 1. The molecule has 1 aliphatic rings. The first-order valence-corrected chi connectivity index (χ1v) is 8.34. The molecule has 1 N–H and O–H groups in total. The zero-order valence-electron chi connectivity index (χ0n) is 14.0. The predicted octanol–water partition coefficient (Wildman–Crippen LogP) is 3.08. The maximum Gasteiger partial charge on any atom is 0.161 e. The summed E-state index contributed by atoms with van der Waals surface area (Å²) in [5.74, 6) is 2.08. The topological polar surface area (TPSA) is 41.9 Å². The van der Waals surface area contributed by atoms with Gasteiger partial charge in [-0.25, -0.2) is 0 Å². The quantitative estimate of drug-likeness (QED) is 0.840. The molecule has 1 heterocycles. The van der Waals surface area contributed by atoms with Gasteiger partial charge in [-0.2, -0.15) is 0 Å². The second-order valence-electron chi connectivity index (χ2n) is 6.19. The molecule has 0 bridgehead atoms. The average Bonchev–Trinajstić information content (AvgIpc) is 2.54. The van der Waals surface area contributed by atoms with E-state index in [1.165, 1.54) is 5.56 Å². The molecule has 4 heteroatoms. The van der Waals surface area contributed by atoms with Crippen LogP contribution in [0.2, 0.25) is 0 Å². The monoisotopic (exact) mass is 307 g/mol. The van der Waals surface area contributed by atoms with Crippen LogP contribution >= 0.6 is 0 Å². The maximum absolute atomic E-state index is 9.67. The van der Waals surface area contributed by atoms with Crippen molar-refractivity contribution >= 4 is 0 Å². The molecule has 1 aromatic carbocycles. The summed E-state index contributed by atoms with van der Waals surface area (Å²) in [6.07, 6.45) is 2.96. The van der Waals surface area contributed by atoms with E-state index in [4.69, 9.17) is 9.47 Å². The van der Waals surface area contributed by atoms with E-state index in [0.29, 0.717) is 12.5 Å². The number of hydrogen-bond acceptors (Lipinski definition) is 4. The van der Waals surface area contributed by atoms with Gasteiger partial charge in [0.1, 0.15) is 0 Å². The summed E-state index contributed by atoms with van der Waals surface area (Å²) in [6, 6.07) is 6.20. The van der Waals surface area contributed by atoms with Crippen LogP contribution in [-0.2, 0) is 6.54 Å². The highest BCUT2D eigenvalue weighted by Crippen LogP contribution is 2.29. The number of benzene rings is 1.